The van der Waals surface area contributed by atoms with Crippen LogP contribution in [0.4, 0.5) is 5.69 Å². The van der Waals surface area contributed by atoms with Gasteiger partial charge >= 0.3 is 0 Å². The second-order valence-electron chi connectivity index (χ2n) is 3.55. The van der Waals surface area contributed by atoms with Crippen LogP contribution in [0.1, 0.15) is 24.5 Å². The Hall–Kier alpha value is -1.49. The van der Waals surface area contributed by atoms with E-state index in [-0.39, 0.29) is 6.04 Å². The number of aryl methyl sites for hydroxylation is 2. The van der Waals surface area contributed by atoms with Crippen molar-refractivity contribution in [3.63, 3.8) is 0 Å². The van der Waals surface area contributed by atoms with E-state index >= 15 is 0 Å². The molecule has 1 atom stereocenters. The Morgan fingerprint density at radius 2 is 2.14 bits per heavy atom. The predicted molar refractivity (Wildman–Crippen MR) is 59.2 cm³/mol. The molecule has 0 radical (unpaired) electrons. The average Bonchev–Trinajstić information content (AvgIpc) is 2.19. The van der Waals surface area contributed by atoms with Gasteiger partial charge in [0.2, 0.25) is 0 Å². The second-order valence-corrected chi connectivity index (χ2v) is 3.55. The van der Waals surface area contributed by atoms with Crippen LogP contribution in [0.5, 0.6) is 0 Å². The third kappa shape index (κ3) is 2.50. The van der Waals surface area contributed by atoms with Gasteiger partial charge < -0.3 is 5.32 Å². The van der Waals surface area contributed by atoms with Crippen molar-refractivity contribution in [1.82, 2.24) is 0 Å². The van der Waals surface area contributed by atoms with E-state index in [0.29, 0.717) is 0 Å². The van der Waals surface area contributed by atoms with E-state index < -0.39 is 0 Å². The van der Waals surface area contributed by atoms with Crippen molar-refractivity contribution < 1.29 is 0 Å². The van der Waals surface area contributed by atoms with E-state index in [1.807, 2.05) is 13.8 Å². The lowest BCUT2D eigenvalue weighted by Crippen LogP contribution is -2.16. The third-order valence-electron chi connectivity index (χ3n) is 2.29. The Labute approximate surface area is 85.6 Å². The maximum Gasteiger partial charge on any atom is 0.114 e. The summed E-state index contributed by atoms with van der Waals surface area (Å²) >= 11 is 0. The first-order chi connectivity index (χ1) is 6.67. The molecule has 0 aliphatic carbocycles. The number of anilines is 1. The van der Waals surface area contributed by atoms with Crippen LogP contribution in [0, 0.1) is 25.2 Å². The van der Waals surface area contributed by atoms with E-state index in [4.69, 9.17) is 5.26 Å². The fraction of sp³-hybridized carbons (Fsp3) is 0.417. The minimum Gasteiger partial charge on any atom is -0.370 e. The van der Waals surface area contributed by atoms with Gasteiger partial charge in [-0.3, -0.25) is 0 Å². The van der Waals surface area contributed by atoms with Gasteiger partial charge in [0.1, 0.15) is 6.04 Å². The van der Waals surface area contributed by atoms with Gasteiger partial charge in [-0.2, -0.15) is 5.26 Å². The SMILES string of the molecule is CCC(C#N)Nc1cc(C)ccc1C. The summed E-state index contributed by atoms with van der Waals surface area (Å²) in [5.74, 6) is 0. The Kier molecular flexibility index (Phi) is 3.53. The molecule has 1 aromatic rings. The van der Waals surface area contributed by atoms with Crippen LogP contribution >= 0.6 is 0 Å². The molecule has 14 heavy (non-hydrogen) atoms. The largest absolute Gasteiger partial charge is 0.370 e. The summed E-state index contributed by atoms with van der Waals surface area (Å²) in [6.07, 6.45) is 0.823. The molecule has 0 bridgehead atoms. The van der Waals surface area contributed by atoms with E-state index in [0.717, 1.165) is 12.1 Å². The minimum absolute atomic E-state index is 0.0875. The van der Waals surface area contributed by atoms with Gasteiger partial charge in [-0.05, 0) is 37.5 Å². The molecule has 1 N–H and O–H groups in total. The molecule has 0 heterocycles. The summed E-state index contributed by atoms with van der Waals surface area (Å²) in [4.78, 5) is 0. The van der Waals surface area contributed by atoms with Gasteiger partial charge in [0, 0.05) is 5.69 Å². The van der Waals surface area contributed by atoms with Crippen molar-refractivity contribution in [2.75, 3.05) is 5.32 Å². The van der Waals surface area contributed by atoms with Crippen molar-refractivity contribution in [2.45, 2.75) is 33.2 Å². The van der Waals surface area contributed by atoms with Crippen molar-refractivity contribution in [2.24, 2.45) is 0 Å². The van der Waals surface area contributed by atoms with Crippen LogP contribution < -0.4 is 5.32 Å². The van der Waals surface area contributed by atoms with Crippen molar-refractivity contribution in [3.8, 4) is 6.07 Å². The van der Waals surface area contributed by atoms with Gasteiger partial charge in [0.05, 0.1) is 6.07 Å². The Bertz CT molecular complexity index is 350. The molecule has 2 nitrogen and oxygen atoms in total. The standard InChI is InChI=1S/C12H16N2/c1-4-11(8-13)14-12-7-9(2)5-6-10(12)3/h5-7,11,14H,4H2,1-3H3. The topological polar surface area (TPSA) is 35.8 Å². The Balaban J connectivity index is 2.86. The second kappa shape index (κ2) is 4.66. The van der Waals surface area contributed by atoms with Crippen molar-refractivity contribution >= 4 is 5.69 Å². The normalized spacial score (nSPS) is 11.9. The lowest BCUT2D eigenvalue weighted by atomic mass is 10.1. The fourth-order valence-corrected chi connectivity index (χ4v) is 1.30. The monoisotopic (exact) mass is 188 g/mol. The first-order valence-corrected chi connectivity index (χ1v) is 4.90. The number of hydrogen-bond donors (Lipinski definition) is 1. The Morgan fingerprint density at radius 1 is 1.43 bits per heavy atom. The summed E-state index contributed by atoms with van der Waals surface area (Å²) < 4.78 is 0. The summed E-state index contributed by atoms with van der Waals surface area (Å²) in [5, 5.41) is 12.1. The first kappa shape index (κ1) is 10.6. The minimum atomic E-state index is -0.0875. The highest BCUT2D eigenvalue weighted by atomic mass is 14.9. The summed E-state index contributed by atoms with van der Waals surface area (Å²) in [6, 6.07) is 8.38. The molecule has 74 valence electrons. The van der Waals surface area contributed by atoms with Crippen LogP contribution in [0.2, 0.25) is 0 Å². The molecule has 0 aliphatic rings. The molecule has 1 rings (SSSR count). The van der Waals surface area contributed by atoms with Crippen LogP contribution in [-0.4, -0.2) is 6.04 Å². The molecule has 0 fully saturated rings. The highest BCUT2D eigenvalue weighted by Gasteiger charge is 2.05. The van der Waals surface area contributed by atoms with E-state index in [1.54, 1.807) is 0 Å². The molecule has 0 saturated heterocycles. The van der Waals surface area contributed by atoms with Gasteiger partial charge in [0.25, 0.3) is 0 Å². The van der Waals surface area contributed by atoms with Gasteiger partial charge in [0.15, 0.2) is 0 Å². The summed E-state index contributed by atoms with van der Waals surface area (Å²) in [6.45, 7) is 6.11. The van der Waals surface area contributed by atoms with Crippen LogP contribution in [0.3, 0.4) is 0 Å². The number of nitrogens with zero attached hydrogens (tertiary/aromatic N) is 1. The van der Waals surface area contributed by atoms with Crippen LogP contribution in [0.25, 0.3) is 0 Å². The average molecular weight is 188 g/mol. The van der Waals surface area contributed by atoms with Crippen molar-refractivity contribution in [3.05, 3.63) is 29.3 Å². The maximum atomic E-state index is 8.84. The quantitative estimate of drug-likeness (QED) is 0.791. The Morgan fingerprint density at radius 3 is 2.71 bits per heavy atom. The van der Waals surface area contributed by atoms with E-state index in [9.17, 15) is 0 Å². The highest BCUT2D eigenvalue weighted by molar-refractivity contribution is 5.53. The first-order valence-electron chi connectivity index (χ1n) is 4.90. The van der Waals surface area contributed by atoms with Gasteiger partial charge in [-0.25, -0.2) is 0 Å². The number of hydrogen-bond acceptors (Lipinski definition) is 2. The molecule has 0 saturated carbocycles. The zero-order valence-electron chi connectivity index (χ0n) is 8.96. The number of rotatable bonds is 3. The zero-order valence-corrected chi connectivity index (χ0v) is 8.96. The number of benzene rings is 1. The summed E-state index contributed by atoms with van der Waals surface area (Å²) in [7, 11) is 0. The number of nitrogens with one attached hydrogen (secondary N) is 1. The molecule has 1 aromatic carbocycles. The smallest absolute Gasteiger partial charge is 0.114 e. The molecule has 0 amide bonds. The van der Waals surface area contributed by atoms with Crippen molar-refractivity contribution in [1.29, 1.82) is 5.26 Å². The molecule has 0 aromatic heterocycles. The van der Waals surface area contributed by atoms with E-state index in [1.165, 1.54) is 11.1 Å². The van der Waals surface area contributed by atoms with Crippen LogP contribution in [0.15, 0.2) is 18.2 Å². The van der Waals surface area contributed by atoms with E-state index in [2.05, 4.69) is 36.5 Å². The van der Waals surface area contributed by atoms with Gasteiger partial charge in [-0.15, -0.1) is 0 Å². The lowest BCUT2D eigenvalue weighted by Gasteiger charge is -2.13. The lowest BCUT2D eigenvalue weighted by molar-refractivity contribution is 0.844. The van der Waals surface area contributed by atoms with Gasteiger partial charge in [-0.1, -0.05) is 19.1 Å². The third-order valence-corrected chi connectivity index (χ3v) is 2.29. The molecule has 1 unspecified atom stereocenters. The molecular formula is C12H16N2. The molecule has 0 spiro atoms. The summed E-state index contributed by atoms with van der Waals surface area (Å²) in [5.41, 5.74) is 3.47. The molecular weight excluding hydrogens is 172 g/mol. The maximum absolute atomic E-state index is 8.84. The molecule has 0 aliphatic heterocycles. The molecule has 2 heteroatoms. The zero-order chi connectivity index (χ0) is 10.6. The highest BCUT2D eigenvalue weighted by Crippen LogP contribution is 2.17. The number of nitriles is 1. The van der Waals surface area contributed by atoms with Crippen LogP contribution in [-0.2, 0) is 0 Å². The predicted octanol–water partition coefficient (Wildman–Crippen LogP) is 3.02. The fourth-order valence-electron chi connectivity index (χ4n) is 1.30.